The number of hydrogen-bond acceptors (Lipinski definition) is 5. The van der Waals surface area contributed by atoms with Crippen LogP contribution in [0.1, 0.15) is 55.1 Å². The fourth-order valence-corrected chi connectivity index (χ4v) is 3.98. The highest BCUT2D eigenvalue weighted by Gasteiger charge is 2.40. The third kappa shape index (κ3) is 11.1. The van der Waals surface area contributed by atoms with Gasteiger partial charge in [-0.2, -0.15) is 5.26 Å². The van der Waals surface area contributed by atoms with Crippen molar-refractivity contribution in [2.45, 2.75) is 45.6 Å². The molecule has 1 aliphatic rings. The van der Waals surface area contributed by atoms with E-state index in [2.05, 4.69) is 24.9 Å². The lowest BCUT2D eigenvalue weighted by atomic mass is 9.94. The quantitative estimate of drug-likeness (QED) is 0.223. The maximum atomic E-state index is 12.9. The Morgan fingerprint density at radius 1 is 1.08 bits per heavy atom. The molecule has 0 aromatic heterocycles. The first kappa shape index (κ1) is 32.9. The highest BCUT2D eigenvalue weighted by atomic mass is 35.5. The van der Waals surface area contributed by atoms with E-state index in [1.165, 1.54) is 43.4 Å². The Labute approximate surface area is 234 Å². The smallest absolute Gasteiger partial charge is 0.217 e. The van der Waals surface area contributed by atoms with Crippen molar-refractivity contribution >= 4 is 29.2 Å². The minimum Gasteiger partial charge on any atom is -0.343 e. The van der Waals surface area contributed by atoms with E-state index in [-0.39, 0.29) is 29.5 Å². The molecule has 1 fully saturated rings. The largest absolute Gasteiger partial charge is 0.343 e. The van der Waals surface area contributed by atoms with Crippen LogP contribution in [0.5, 0.6) is 0 Å². The molecule has 204 valence electrons. The van der Waals surface area contributed by atoms with Gasteiger partial charge in [0, 0.05) is 24.6 Å². The lowest BCUT2D eigenvalue weighted by Gasteiger charge is -2.14. The van der Waals surface area contributed by atoms with Crippen molar-refractivity contribution in [3.05, 3.63) is 101 Å². The molecule has 0 aliphatic heterocycles. The Balaban J connectivity index is 0.000000310. The second kappa shape index (κ2) is 16.7. The molecular formula is C31H33ClFN3O3. The first-order valence-electron chi connectivity index (χ1n) is 12.1. The van der Waals surface area contributed by atoms with Crippen molar-refractivity contribution < 1.29 is 18.8 Å². The highest BCUT2D eigenvalue weighted by Crippen LogP contribution is 2.51. The summed E-state index contributed by atoms with van der Waals surface area (Å²) in [5, 5.41) is 11.0. The van der Waals surface area contributed by atoms with Crippen LogP contribution in [0.15, 0.2) is 73.3 Å². The van der Waals surface area contributed by atoms with Crippen molar-refractivity contribution in [3.63, 3.8) is 0 Å². The van der Waals surface area contributed by atoms with Gasteiger partial charge in [-0.15, -0.1) is 0 Å². The fraction of sp³-hybridized carbons (Fsp3) is 0.258. The molecule has 4 rings (SSSR count). The van der Waals surface area contributed by atoms with Gasteiger partial charge in [0.2, 0.25) is 5.91 Å². The van der Waals surface area contributed by atoms with Gasteiger partial charge in [-0.25, -0.2) is 9.18 Å². The molecule has 0 saturated heterocycles. The van der Waals surface area contributed by atoms with E-state index in [1.54, 1.807) is 31.2 Å². The predicted molar refractivity (Wildman–Crippen MR) is 153 cm³/mol. The van der Waals surface area contributed by atoms with Gasteiger partial charge in [0.25, 0.3) is 0 Å². The Morgan fingerprint density at radius 2 is 1.67 bits per heavy atom. The summed E-state index contributed by atoms with van der Waals surface area (Å²) in [4.78, 5) is 29.5. The van der Waals surface area contributed by atoms with E-state index in [0.29, 0.717) is 6.54 Å². The van der Waals surface area contributed by atoms with E-state index in [0.717, 1.165) is 27.3 Å². The molecular weight excluding hydrogens is 517 g/mol. The minimum absolute atomic E-state index is 0.0750. The Morgan fingerprint density at radius 3 is 2.10 bits per heavy atom. The number of ketones is 1. The zero-order valence-electron chi connectivity index (χ0n) is 22.4. The van der Waals surface area contributed by atoms with E-state index in [9.17, 15) is 14.0 Å². The predicted octanol–water partition coefficient (Wildman–Crippen LogP) is 6.20. The Hall–Kier alpha value is -4.08. The maximum Gasteiger partial charge on any atom is 0.217 e. The molecule has 1 aliphatic carbocycles. The normalized spacial score (nSPS) is 11.8. The molecule has 1 saturated carbocycles. The van der Waals surface area contributed by atoms with Gasteiger partial charge in [0.1, 0.15) is 18.3 Å². The van der Waals surface area contributed by atoms with Crippen molar-refractivity contribution in [2.24, 2.45) is 5.73 Å². The summed E-state index contributed by atoms with van der Waals surface area (Å²) < 4.78 is 12.9. The molecule has 0 atom stereocenters. The van der Waals surface area contributed by atoms with Crippen LogP contribution in [0.4, 0.5) is 4.39 Å². The zero-order chi connectivity index (χ0) is 29.4. The van der Waals surface area contributed by atoms with Gasteiger partial charge in [-0.1, -0.05) is 73.1 Å². The lowest BCUT2D eigenvalue weighted by Crippen LogP contribution is -2.19. The Kier molecular flexibility index (Phi) is 14.1. The summed E-state index contributed by atoms with van der Waals surface area (Å²) in [6.07, 6.45) is 2.39. The second-order valence-corrected chi connectivity index (χ2v) is 9.24. The minimum atomic E-state index is -0.222. The van der Waals surface area contributed by atoms with E-state index < -0.39 is 0 Å². The number of nitriles is 1. The zero-order valence-corrected chi connectivity index (χ0v) is 23.1. The Bertz CT molecular complexity index is 1320. The lowest BCUT2D eigenvalue weighted by molar-refractivity contribution is -0.118. The summed E-state index contributed by atoms with van der Waals surface area (Å²) in [5.41, 5.74) is 10.5. The fourth-order valence-electron chi connectivity index (χ4n) is 3.51. The number of benzene rings is 3. The average molecular weight is 550 g/mol. The van der Waals surface area contributed by atoms with E-state index >= 15 is 0 Å². The van der Waals surface area contributed by atoms with Crippen LogP contribution in [-0.2, 0) is 21.5 Å². The van der Waals surface area contributed by atoms with Crippen LogP contribution < -0.4 is 11.1 Å². The molecule has 0 radical (unpaired) electrons. The van der Waals surface area contributed by atoms with E-state index in [4.69, 9.17) is 27.4 Å². The van der Waals surface area contributed by atoms with Crippen LogP contribution in [0, 0.1) is 17.1 Å². The number of nitrogens with zero attached hydrogens (tertiary/aromatic N) is 1. The molecule has 3 aromatic rings. The van der Waals surface area contributed by atoms with Gasteiger partial charge in [0.15, 0.2) is 5.78 Å². The number of amides is 1. The molecule has 0 unspecified atom stereocenters. The number of halogens is 2. The van der Waals surface area contributed by atoms with Crippen LogP contribution in [0.25, 0.3) is 11.1 Å². The van der Waals surface area contributed by atoms with E-state index in [1.807, 2.05) is 30.3 Å². The summed E-state index contributed by atoms with van der Waals surface area (Å²) in [7, 11) is 0. The number of nitrogens with one attached hydrogen (secondary N) is 1. The average Bonchev–Trinajstić information content (AvgIpc) is 3.67. The summed E-state index contributed by atoms with van der Waals surface area (Å²) in [6, 6.07) is 21.8. The summed E-state index contributed by atoms with van der Waals surface area (Å²) >= 11 is 6.51. The van der Waals surface area contributed by atoms with Gasteiger partial charge < -0.3 is 11.1 Å². The molecule has 0 heterocycles. The molecule has 8 heteroatoms. The van der Waals surface area contributed by atoms with Gasteiger partial charge in [-0.3, -0.25) is 9.59 Å². The third-order valence-electron chi connectivity index (χ3n) is 5.84. The number of rotatable bonds is 5. The number of hydrogen-bond donors (Lipinski definition) is 2. The third-order valence-corrected chi connectivity index (χ3v) is 6.24. The maximum absolute atomic E-state index is 12.9. The van der Waals surface area contributed by atoms with Gasteiger partial charge in [0.05, 0.1) is 11.1 Å². The van der Waals surface area contributed by atoms with Crippen LogP contribution in [0.3, 0.4) is 0 Å². The van der Waals surface area contributed by atoms with Crippen LogP contribution >= 0.6 is 11.6 Å². The SMILES string of the molecule is C=C=O.CC(=O)NCC#N.CC(=O)c1ccccc1CN.CC1(c2cccc(-c3ccc(F)cc3)c2Cl)CC1. The number of Topliss-reactive ketones (excluding diaryl/α,β-unsaturated/α-hetero) is 1. The summed E-state index contributed by atoms with van der Waals surface area (Å²) in [6.45, 7) is 8.37. The number of nitrogens with two attached hydrogens (primary N) is 1. The first-order chi connectivity index (χ1) is 18.5. The standard InChI is InChI=1S/C16H14ClF.C9H11NO.C4H6N2O.C2H2O/c1-16(9-10-16)14-4-2-3-13(15(14)17)11-5-7-12(18)8-6-11;1-7(11)9-5-3-2-4-8(9)6-10;1-4(7)6-3-2-5;1-2-3/h2-8H,9-10H2,1H3;2-5H,6,10H2,1H3;3H2,1H3,(H,6,7);1H2. The van der Waals surface area contributed by atoms with Crippen molar-refractivity contribution in [2.75, 3.05) is 6.54 Å². The molecule has 6 nitrogen and oxygen atoms in total. The molecule has 0 spiro atoms. The topological polar surface area (TPSA) is 113 Å². The van der Waals surface area contributed by atoms with Crippen molar-refractivity contribution in [1.29, 1.82) is 5.26 Å². The van der Waals surface area contributed by atoms with Crippen molar-refractivity contribution in [3.8, 4) is 17.2 Å². The highest BCUT2D eigenvalue weighted by molar-refractivity contribution is 6.34. The molecule has 1 amide bonds. The first-order valence-corrected chi connectivity index (χ1v) is 12.5. The second-order valence-electron chi connectivity index (χ2n) is 8.86. The van der Waals surface area contributed by atoms with Gasteiger partial charge in [-0.05, 0) is 60.6 Å². The monoisotopic (exact) mass is 549 g/mol. The van der Waals surface area contributed by atoms with Crippen LogP contribution in [-0.4, -0.2) is 24.2 Å². The molecule has 39 heavy (non-hydrogen) atoms. The summed E-state index contributed by atoms with van der Waals surface area (Å²) in [5.74, 6) is 0.938. The number of carbonyl (C=O) groups is 2. The molecule has 3 N–H and O–H groups in total. The number of carbonyl (C=O) groups excluding carboxylic acids is 3. The van der Waals surface area contributed by atoms with Gasteiger partial charge >= 0.3 is 0 Å². The molecule has 0 bridgehead atoms. The van der Waals surface area contributed by atoms with Crippen LogP contribution in [0.2, 0.25) is 5.02 Å². The molecule has 3 aromatic carbocycles. The van der Waals surface area contributed by atoms with Crippen molar-refractivity contribution in [1.82, 2.24) is 5.32 Å².